The van der Waals surface area contributed by atoms with E-state index in [1.807, 2.05) is 12.2 Å². The van der Waals surface area contributed by atoms with Crippen molar-refractivity contribution in [2.24, 2.45) is 5.41 Å². The number of para-hydroxylation sites is 1. The number of carbonyl (C=O) groups excluding carboxylic acids is 1. The van der Waals surface area contributed by atoms with E-state index < -0.39 is 5.97 Å². The van der Waals surface area contributed by atoms with Crippen molar-refractivity contribution in [3.8, 4) is 5.75 Å². The molecule has 106 valence electrons. The molecule has 0 aromatic heterocycles. The monoisotopic (exact) mass is 272 g/mol. The van der Waals surface area contributed by atoms with Crippen LogP contribution in [0.4, 0.5) is 0 Å². The third-order valence-electron chi connectivity index (χ3n) is 3.42. The van der Waals surface area contributed by atoms with Crippen LogP contribution in [-0.4, -0.2) is 11.1 Å². The summed E-state index contributed by atoms with van der Waals surface area (Å²) >= 11 is 0. The Balaban J connectivity index is 2.09. The van der Waals surface area contributed by atoms with Gasteiger partial charge in [-0.05, 0) is 30.0 Å². The highest BCUT2D eigenvalue weighted by Crippen LogP contribution is 2.33. The minimum Gasteiger partial charge on any atom is -0.507 e. The number of phenolic OH excluding ortho intramolecular Hbond substituents is 1. The van der Waals surface area contributed by atoms with E-state index in [2.05, 4.69) is 20.8 Å². The fraction of sp³-hybridized carbons (Fsp3) is 0.353. The lowest BCUT2D eigenvalue weighted by Gasteiger charge is -2.25. The molecular formula is C17H20O3. The number of rotatable bonds is 2. The number of hydrogen-bond donors (Lipinski definition) is 1. The van der Waals surface area contributed by atoms with Crippen LogP contribution in [0.3, 0.4) is 0 Å². The number of ether oxygens (including phenoxy) is 1. The van der Waals surface area contributed by atoms with Crippen LogP contribution in [-0.2, 0) is 4.74 Å². The van der Waals surface area contributed by atoms with E-state index in [1.54, 1.807) is 18.2 Å². The average molecular weight is 272 g/mol. The summed E-state index contributed by atoms with van der Waals surface area (Å²) in [5.74, 6) is 0.0769. The van der Waals surface area contributed by atoms with Crippen molar-refractivity contribution in [1.29, 1.82) is 0 Å². The second-order valence-corrected chi connectivity index (χ2v) is 5.98. The Morgan fingerprint density at radius 2 is 1.85 bits per heavy atom. The molecule has 0 heterocycles. The number of benzene rings is 1. The molecule has 0 bridgehead atoms. The number of hydrogen-bond acceptors (Lipinski definition) is 3. The Bertz CT molecular complexity index is 574. The van der Waals surface area contributed by atoms with E-state index in [-0.39, 0.29) is 16.7 Å². The van der Waals surface area contributed by atoms with Crippen LogP contribution in [0.5, 0.6) is 5.75 Å². The van der Waals surface area contributed by atoms with Crippen LogP contribution in [0.25, 0.3) is 0 Å². The molecule has 20 heavy (non-hydrogen) atoms. The Labute approximate surface area is 119 Å². The second kappa shape index (κ2) is 5.53. The molecule has 2 rings (SSSR count). The van der Waals surface area contributed by atoms with Gasteiger partial charge in [0.25, 0.3) is 0 Å². The van der Waals surface area contributed by atoms with Crippen LogP contribution in [0.15, 0.2) is 47.7 Å². The van der Waals surface area contributed by atoms with Gasteiger partial charge in [-0.3, -0.25) is 0 Å². The summed E-state index contributed by atoms with van der Waals surface area (Å²) in [4.78, 5) is 12.0. The van der Waals surface area contributed by atoms with Gasteiger partial charge in [0.2, 0.25) is 0 Å². The standard InChI is InChI=1S/C17H20O3/c1-17(2,3)12-8-10-13(11-9-12)20-16(19)14-6-4-5-7-15(14)18/h4-8,10,18H,9,11H2,1-3H3. The van der Waals surface area contributed by atoms with Gasteiger partial charge in [0, 0.05) is 6.42 Å². The Morgan fingerprint density at radius 3 is 2.40 bits per heavy atom. The molecule has 1 aromatic rings. The summed E-state index contributed by atoms with van der Waals surface area (Å²) in [5.41, 5.74) is 1.68. The molecule has 1 aromatic carbocycles. The molecule has 1 aliphatic carbocycles. The van der Waals surface area contributed by atoms with E-state index in [0.29, 0.717) is 12.2 Å². The summed E-state index contributed by atoms with van der Waals surface area (Å²) in [6.45, 7) is 6.52. The summed E-state index contributed by atoms with van der Waals surface area (Å²) in [7, 11) is 0. The fourth-order valence-corrected chi connectivity index (χ4v) is 2.15. The van der Waals surface area contributed by atoms with Crippen molar-refractivity contribution in [2.45, 2.75) is 33.6 Å². The van der Waals surface area contributed by atoms with Crippen molar-refractivity contribution >= 4 is 5.97 Å². The lowest BCUT2D eigenvalue weighted by atomic mass is 9.82. The highest BCUT2D eigenvalue weighted by atomic mass is 16.5. The summed E-state index contributed by atoms with van der Waals surface area (Å²) < 4.78 is 5.34. The molecular weight excluding hydrogens is 252 g/mol. The first-order chi connectivity index (χ1) is 9.38. The lowest BCUT2D eigenvalue weighted by Crippen LogP contribution is -2.13. The number of carbonyl (C=O) groups is 1. The Hall–Kier alpha value is -2.03. The maximum Gasteiger partial charge on any atom is 0.346 e. The van der Waals surface area contributed by atoms with Gasteiger partial charge < -0.3 is 9.84 Å². The van der Waals surface area contributed by atoms with E-state index in [9.17, 15) is 9.90 Å². The molecule has 0 fully saturated rings. The topological polar surface area (TPSA) is 46.5 Å². The maximum atomic E-state index is 12.0. The predicted molar refractivity (Wildman–Crippen MR) is 78.4 cm³/mol. The molecule has 0 radical (unpaired) electrons. The van der Waals surface area contributed by atoms with Crippen molar-refractivity contribution in [3.05, 3.63) is 53.3 Å². The van der Waals surface area contributed by atoms with Gasteiger partial charge in [-0.1, -0.05) is 44.6 Å². The van der Waals surface area contributed by atoms with Crippen molar-refractivity contribution in [3.63, 3.8) is 0 Å². The molecule has 1 aliphatic rings. The zero-order chi connectivity index (χ0) is 14.8. The normalized spacial score (nSPS) is 15.3. The van der Waals surface area contributed by atoms with Gasteiger partial charge in [0.05, 0.1) is 0 Å². The Morgan fingerprint density at radius 1 is 1.15 bits per heavy atom. The van der Waals surface area contributed by atoms with Gasteiger partial charge in [-0.15, -0.1) is 0 Å². The third kappa shape index (κ3) is 3.29. The fourth-order valence-electron chi connectivity index (χ4n) is 2.15. The van der Waals surface area contributed by atoms with Crippen molar-refractivity contribution in [1.82, 2.24) is 0 Å². The third-order valence-corrected chi connectivity index (χ3v) is 3.42. The minimum absolute atomic E-state index is 0.0557. The zero-order valence-corrected chi connectivity index (χ0v) is 12.1. The van der Waals surface area contributed by atoms with E-state index >= 15 is 0 Å². The van der Waals surface area contributed by atoms with Gasteiger partial charge in [-0.2, -0.15) is 0 Å². The first kappa shape index (κ1) is 14.4. The zero-order valence-electron chi connectivity index (χ0n) is 12.1. The molecule has 1 N–H and O–H groups in total. The molecule has 3 heteroatoms. The molecule has 0 aliphatic heterocycles. The number of phenols is 1. The predicted octanol–water partition coefficient (Wildman–Crippen LogP) is 4.20. The molecule has 0 amide bonds. The SMILES string of the molecule is CC(C)(C)C1=CC=C(OC(=O)c2ccccc2O)CC1. The van der Waals surface area contributed by atoms with Gasteiger partial charge in [0.15, 0.2) is 0 Å². The van der Waals surface area contributed by atoms with E-state index in [1.165, 1.54) is 11.6 Å². The Kier molecular flexibility index (Phi) is 3.98. The van der Waals surface area contributed by atoms with E-state index in [4.69, 9.17) is 4.74 Å². The first-order valence-corrected chi connectivity index (χ1v) is 6.78. The van der Waals surface area contributed by atoms with E-state index in [0.717, 1.165) is 6.42 Å². The van der Waals surface area contributed by atoms with Gasteiger partial charge in [-0.25, -0.2) is 4.79 Å². The second-order valence-electron chi connectivity index (χ2n) is 5.98. The lowest BCUT2D eigenvalue weighted by molar-refractivity contribution is 0.0609. The van der Waals surface area contributed by atoms with Crippen molar-refractivity contribution in [2.75, 3.05) is 0 Å². The summed E-state index contributed by atoms with van der Waals surface area (Å²) in [6.07, 6.45) is 5.48. The largest absolute Gasteiger partial charge is 0.507 e. The molecule has 0 unspecified atom stereocenters. The van der Waals surface area contributed by atoms with Crippen LogP contribution in [0, 0.1) is 5.41 Å². The minimum atomic E-state index is -0.512. The van der Waals surface area contributed by atoms with Crippen LogP contribution >= 0.6 is 0 Å². The highest BCUT2D eigenvalue weighted by molar-refractivity contribution is 5.92. The van der Waals surface area contributed by atoms with Crippen molar-refractivity contribution < 1.29 is 14.6 Å². The van der Waals surface area contributed by atoms with Crippen LogP contribution in [0.1, 0.15) is 44.0 Å². The molecule has 0 atom stereocenters. The van der Waals surface area contributed by atoms with Crippen LogP contribution < -0.4 is 0 Å². The average Bonchev–Trinajstić information content (AvgIpc) is 2.38. The van der Waals surface area contributed by atoms with Gasteiger partial charge in [0.1, 0.15) is 17.1 Å². The number of aromatic hydroxyl groups is 1. The quantitative estimate of drug-likeness (QED) is 0.821. The summed E-state index contributed by atoms with van der Waals surface area (Å²) in [6, 6.07) is 6.40. The first-order valence-electron chi connectivity index (χ1n) is 6.78. The smallest absolute Gasteiger partial charge is 0.346 e. The number of esters is 1. The molecule has 3 nitrogen and oxygen atoms in total. The highest BCUT2D eigenvalue weighted by Gasteiger charge is 2.21. The maximum absolute atomic E-state index is 12.0. The number of allylic oxidation sites excluding steroid dienone is 4. The summed E-state index contributed by atoms with van der Waals surface area (Å²) in [5, 5.41) is 9.63. The molecule has 0 saturated heterocycles. The van der Waals surface area contributed by atoms with Gasteiger partial charge >= 0.3 is 5.97 Å². The van der Waals surface area contributed by atoms with Crippen LogP contribution in [0.2, 0.25) is 0 Å². The molecule has 0 saturated carbocycles. The molecule has 0 spiro atoms.